The Morgan fingerprint density at radius 2 is 2.19 bits per heavy atom. The van der Waals surface area contributed by atoms with Crippen molar-refractivity contribution in [2.24, 2.45) is 0 Å². The van der Waals surface area contributed by atoms with Crippen molar-refractivity contribution in [3.8, 4) is 0 Å². The van der Waals surface area contributed by atoms with Crippen LogP contribution < -0.4 is 16.0 Å². The molecule has 0 fully saturated rings. The SMILES string of the molecule is CC(C(=O)NCC(F)(F)F)N1CCCc2c(N)cccc21. The predicted octanol–water partition coefficient (Wildman–Crippen LogP) is 2.09. The summed E-state index contributed by atoms with van der Waals surface area (Å²) in [6, 6.07) is 4.75. The van der Waals surface area contributed by atoms with Crippen molar-refractivity contribution < 1.29 is 18.0 Å². The van der Waals surface area contributed by atoms with Crippen LogP contribution in [0.25, 0.3) is 0 Å². The van der Waals surface area contributed by atoms with E-state index in [4.69, 9.17) is 5.73 Å². The number of alkyl halides is 3. The zero-order valence-electron chi connectivity index (χ0n) is 11.7. The number of rotatable bonds is 3. The molecule has 1 unspecified atom stereocenters. The molecule has 1 aliphatic rings. The van der Waals surface area contributed by atoms with Crippen LogP contribution in [0.4, 0.5) is 24.5 Å². The fourth-order valence-corrected chi connectivity index (χ4v) is 2.56. The average Bonchev–Trinajstić information content (AvgIpc) is 2.43. The number of nitrogens with zero attached hydrogens (tertiary/aromatic N) is 1. The largest absolute Gasteiger partial charge is 0.405 e. The van der Waals surface area contributed by atoms with Crippen molar-refractivity contribution in [3.63, 3.8) is 0 Å². The Kier molecular flexibility index (Phi) is 4.29. The number of benzene rings is 1. The zero-order chi connectivity index (χ0) is 15.6. The van der Waals surface area contributed by atoms with E-state index in [0.29, 0.717) is 12.2 Å². The molecule has 0 saturated heterocycles. The quantitative estimate of drug-likeness (QED) is 0.841. The van der Waals surface area contributed by atoms with Crippen LogP contribution in [0.5, 0.6) is 0 Å². The van der Waals surface area contributed by atoms with Crippen LogP contribution in [0.3, 0.4) is 0 Å². The van der Waals surface area contributed by atoms with Crippen LogP contribution in [0.15, 0.2) is 18.2 Å². The maximum absolute atomic E-state index is 12.2. The smallest absolute Gasteiger partial charge is 0.398 e. The summed E-state index contributed by atoms with van der Waals surface area (Å²) in [5.41, 5.74) is 8.36. The molecule has 0 bridgehead atoms. The van der Waals surface area contributed by atoms with Gasteiger partial charge in [0.2, 0.25) is 5.91 Å². The number of hydrogen-bond donors (Lipinski definition) is 2. The Bertz CT molecular complexity index is 531. The normalized spacial score (nSPS) is 16.3. The number of nitrogens with one attached hydrogen (secondary N) is 1. The Morgan fingerprint density at radius 3 is 2.86 bits per heavy atom. The lowest BCUT2D eigenvalue weighted by Gasteiger charge is -2.36. The van der Waals surface area contributed by atoms with Crippen molar-refractivity contribution in [1.29, 1.82) is 0 Å². The molecule has 1 amide bonds. The molecule has 21 heavy (non-hydrogen) atoms. The van der Waals surface area contributed by atoms with Crippen molar-refractivity contribution >= 4 is 17.3 Å². The topological polar surface area (TPSA) is 58.4 Å². The molecule has 1 aromatic carbocycles. The van der Waals surface area contributed by atoms with E-state index in [0.717, 1.165) is 24.1 Å². The number of carbonyl (C=O) groups excluding carboxylic acids is 1. The number of fused-ring (bicyclic) bond motifs is 1. The first-order chi connectivity index (χ1) is 9.79. The first-order valence-corrected chi connectivity index (χ1v) is 6.78. The lowest BCUT2D eigenvalue weighted by molar-refractivity contribution is -0.139. The molecule has 0 saturated carbocycles. The van der Waals surface area contributed by atoms with Gasteiger partial charge in [0.1, 0.15) is 12.6 Å². The Balaban J connectivity index is 2.13. The third-order valence-electron chi connectivity index (χ3n) is 3.63. The van der Waals surface area contributed by atoms with E-state index in [1.165, 1.54) is 0 Å². The number of halogens is 3. The monoisotopic (exact) mass is 301 g/mol. The van der Waals surface area contributed by atoms with E-state index >= 15 is 0 Å². The van der Waals surface area contributed by atoms with Gasteiger partial charge in [-0.15, -0.1) is 0 Å². The summed E-state index contributed by atoms with van der Waals surface area (Å²) in [7, 11) is 0. The molecular formula is C14H18F3N3O. The van der Waals surface area contributed by atoms with Gasteiger partial charge >= 0.3 is 6.18 Å². The van der Waals surface area contributed by atoms with Crippen molar-refractivity contribution in [3.05, 3.63) is 23.8 Å². The first-order valence-electron chi connectivity index (χ1n) is 6.78. The zero-order valence-corrected chi connectivity index (χ0v) is 11.7. The van der Waals surface area contributed by atoms with E-state index in [-0.39, 0.29) is 0 Å². The molecule has 1 heterocycles. The van der Waals surface area contributed by atoms with Gasteiger partial charge in [0, 0.05) is 17.9 Å². The summed E-state index contributed by atoms with van der Waals surface area (Å²) in [6.07, 6.45) is -2.77. The standard InChI is InChI=1S/C14H18F3N3O/c1-9(13(21)19-8-14(15,16)17)20-7-3-4-10-11(18)5-2-6-12(10)20/h2,5-6,9H,3-4,7-8,18H2,1H3,(H,19,21). The van der Waals surface area contributed by atoms with Gasteiger partial charge in [-0.25, -0.2) is 0 Å². The highest BCUT2D eigenvalue weighted by Crippen LogP contribution is 2.32. The fraction of sp³-hybridized carbons (Fsp3) is 0.500. The second-order valence-electron chi connectivity index (χ2n) is 5.15. The summed E-state index contributed by atoms with van der Waals surface area (Å²) in [4.78, 5) is 13.7. The molecule has 0 spiro atoms. The number of nitrogens with two attached hydrogens (primary N) is 1. The van der Waals surface area contributed by atoms with E-state index in [1.54, 1.807) is 24.0 Å². The Hall–Kier alpha value is -1.92. The van der Waals surface area contributed by atoms with Crippen LogP contribution >= 0.6 is 0 Å². The minimum absolute atomic E-state index is 0.622. The predicted molar refractivity (Wildman–Crippen MR) is 75.0 cm³/mol. The third kappa shape index (κ3) is 3.59. The van der Waals surface area contributed by atoms with Crippen LogP contribution in [0.2, 0.25) is 0 Å². The molecule has 1 aliphatic heterocycles. The van der Waals surface area contributed by atoms with Gasteiger partial charge in [-0.2, -0.15) is 13.2 Å². The number of amides is 1. The molecule has 0 aromatic heterocycles. The lowest BCUT2D eigenvalue weighted by Crippen LogP contribution is -2.49. The molecule has 2 rings (SSSR count). The van der Waals surface area contributed by atoms with Crippen LogP contribution in [-0.4, -0.2) is 31.2 Å². The van der Waals surface area contributed by atoms with Gasteiger partial charge in [0.25, 0.3) is 0 Å². The maximum Gasteiger partial charge on any atom is 0.405 e. The summed E-state index contributed by atoms with van der Waals surface area (Å²) in [6.45, 7) is 0.912. The minimum Gasteiger partial charge on any atom is -0.398 e. The van der Waals surface area contributed by atoms with E-state index < -0.39 is 24.7 Å². The molecular weight excluding hydrogens is 283 g/mol. The Labute approximate surface area is 121 Å². The van der Waals surface area contributed by atoms with Crippen molar-refractivity contribution in [1.82, 2.24) is 5.32 Å². The second kappa shape index (κ2) is 5.83. The van der Waals surface area contributed by atoms with Crippen LogP contribution in [0.1, 0.15) is 18.9 Å². The number of nitrogen functional groups attached to an aromatic ring is 1. The number of carbonyl (C=O) groups is 1. The maximum atomic E-state index is 12.2. The highest BCUT2D eigenvalue weighted by molar-refractivity contribution is 5.86. The van der Waals surface area contributed by atoms with E-state index in [1.807, 2.05) is 11.4 Å². The highest BCUT2D eigenvalue weighted by Gasteiger charge is 2.31. The summed E-state index contributed by atoms with van der Waals surface area (Å²) in [5.74, 6) is -0.636. The van der Waals surface area contributed by atoms with Crippen molar-refractivity contribution in [2.75, 3.05) is 23.7 Å². The lowest BCUT2D eigenvalue weighted by atomic mass is 9.98. The van der Waals surface area contributed by atoms with Crippen LogP contribution in [0, 0.1) is 0 Å². The average molecular weight is 301 g/mol. The minimum atomic E-state index is -4.40. The van der Waals surface area contributed by atoms with Gasteiger partial charge < -0.3 is 16.0 Å². The first kappa shape index (κ1) is 15.5. The summed E-state index contributed by atoms with van der Waals surface area (Å²) < 4.78 is 36.5. The fourth-order valence-electron chi connectivity index (χ4n) is 2.56. The van der Waals surface area contributed by atoms with Gasteiger partial charge in [-0.05, 0) is 37.5 Å². The summed E-state index contributed by atoms with van der Waals surface area (Å²) in [5, 5.41) is 1.93. The van der Waals surface area contributed by atoms with E-state index in [2.05, 4.69) is 0 Å². The molecule has 0 radical (unpaired) electrons. The second-order valence-corrected chi connectivity index (χ2v) is 5.15. The third-order valence-corrected chi connectivity index (χ3v) is 3.63. The van der Waals surface area contributed by atoms with Gasteiger partial charge in [0.15, 0.2) is 0 Å². The molecule has 1 atom stereocenters. The molecule has 7 heteroatoms. The van der Waals surface area contributed by atoms with Crippen molar-refractivity contribution in [2.45, 2.75) is 32.0 Å². The number of anilines is 2. The molecule has 4 nitrogen and oxygen atoms in total. The number of hydrogen-bond acceptors (Lipinski definition) is 3. The van der Waals surface area contributed by atoms with Gasteiger partial charge in [0.05, 0.1) is 0 Å². The van der Waals surface area contributed by atoms with E-state index in [9.17, 15) is 18.0 Å². The molecule has 1 aromatic rings. The summed E-state index contributed by atoms with van der Waals surface area (Å²) >= 11 is 0. The Morgan fingerprint density at radius 1 is 1.48 bits per heavy atom. The van der Waals surface area contributed by atoms with Crippen LogP contribution in [-0.2, 0) is 11.2 Å². The highest BCUT2D eigenvalue weighted by atomic mass is 19.4. The molecule has 116 valence electrons. The molecule has 3 N–H and O–H groups in total. The van der Waals surface area contributed by atoms with Gasteiger partial charge in [-0.1, -0.05) is 6.07 Å². The molecule has 0 aliphatic carbocycles. The van der Waals surface area contributed by atoms with Gasteiger partial charge in [-0.3, -0.25) is 4.79 Å².